The van der Waals surface area contributed by atoms with Gasteiger partial charge in [-0.25, -0.2) is 15.0 Å². The van der Waals surface area contributed by atoms with Gasteiger partial charge in [-0.2, -0.15) is 4.37 Å². The molecule has 0 spiro atoms. The van der Waals surface area contributed by atoms with Crippen molar-refractivity contribution in [2.24, 2.45) is 0 Å². The van der Waals surface area contributed by atoms with Gasteiger partial charge in [-0.05, 0) is 44.1 Å². The summed E-state index contributed by atoms with van der Waals surface area (Å²) in [6.07, 6.45) is 0. The molecule has 108 valence electrons. The molecule has 2 rings (SSSR count). The Labute approximate surface area is 126 Å². The van der Waals surface area contributed by atoms with Crippen molar-refractivity contribution in [2.45, 2.75) is 36.7 Å². The van der Waals surface area contributed by atoms with Crippen LogP contribution in [0.2, 0.25) is 0 Å². The quantitative estimate of drug-likeness (QED) is 0.788. The van der Waals surface area contributed by atoms with Crippen molar-refractivity contribution in [1.29, 1.82) is 0 Å². The molecule has 0 unspecified atom stereocenters. The predicted octanol–water partition coefficient (Wildman–Crippen LogP) is 2.76. The van der Waals surface area contributed by atoms with Gasteiger partial charge in [0.25, 0.3) is 0 Å². The highest BCUT2D eigenvalue weighted by molar-refractivity contribution is 8.00. The zero-order valence-corrected chi connectivity index (χ0v) is 13.3. The summed E-state index contributed by atoms with van der Waals surface area (Å²) in [4.78, 5) is 13.2. The van der Waals surface area contributed by atoms with Crippen molar-refractivity contribution >= 4 is 29.1 Å². The van der Waals surface area contributed by atoms with Crippen LogP contribution in [0, 0.1) is 6.92 Å². The zero-order chi connectivity index (χ0) is 14.4. The molecule has 2 heterocycles. The average molecular weight is 311 g/mol. The fourth-order valence-corrected chi connectivity index (χ4v) is 3.08. The summed E-state index contributed by atoms with van der Waals surface area (Å²) in [7, 11) is 0. The molecule has 0 radical (unpaired) electrons. The van der Waals surface area contributed by atoms with Crippen LogP contribution in [0.5, 0.6) is 0 Å². The first-order chi connectivity index (χ1) is 9.71. The van der Waals surface area contributed by atoms with Crippen LogP contribution in [-0.4, -0.2) is 32.5 Å². The lowest BCUT2D eigenvalue weighted by Crippen LogP contribution is -2.05. The zero-order valence-electron chi connectivity index (χ0n) is 11.7. The molecule has 2 aromatic heterocycles. The monoisotopic (exact) mass is 311 g/mol. The van der Waals surface area contributed by atoms with E-state index in [9.17, 15) is 0 Å². The van der Waals surface area contributed by atoms with E-state index in [1.54, 1.807) is 0 Å². The summed E-state index contributed by atoms with van der Waals surface area (Å²) in [5.74, 6) is 2.27. The number of rotatable bonds is 7. The van der Waals surface area contributed by atoms with E-state index in [4.69, 9.17) is 4.74 Å². The number of aryl methyl sites for hydroxylation is 1. The molecule has 0 atom stereocenters. The third kappa shape index (κ3) is 4.39. The second-order valence-electron chi connectivity index (χ2n) is 3.88. The number of aromatic nitrogens is 4. The second-order valence-corrected chi connectivity index (χ2v) is 5.90. The fourth-order valence-electron chi connectivity index (χ4n) is 1.46. The Kier molecular flexibility index (Phi) is 5.69. The highest BCUT2D eigenvalue weighted by atomic mass is 32.2. The van der Waals surface area contributed by atoms with Gasteiger partial charge in [0.05, 0.1) is 0 Å². The standard InChI is InChI=1S/C12H17N5OS2/c1-4-13-9-6-11(16-10(15-9)7-18-5-2)19-12-14-8(3)17-20-12/h6H,4-5,7H2,1-3H3,(H,13,15,16). The Morgan fingerprint density at radius 3 is 2.80 bits per heavy atom. The van der Waals surface area contributed by atoms with Crippen LogP contribution in [0.25, 0.3) is 0 Å². The maximum atomic E-state index is 5.37. The van der Waals surface area contributed by atoms with E-state index in [0.717, 1.165) is 27.6 Å². The van der Waals surface area contributed by atoms with E-state index in [-0.39, 0.29) is 0 Å². The van der Waals surface area contributed by atoms with Crippen molar-refractivity contribution < 1.29 is 4.74 Å². The molecule has 20 heavy (non-hydrogen) atoms. The van der Waals surface area contributed by atoms with E-state index < -0.39 is 0 Å². The summed E-state index contributed by atoms with van der Waals surface area (Å²) < 4.78 is 10.4. The molecule has 1 N–H and O–H groups in total. The number of hydrogen-bond acceptors (Lipinski definition) is 8. The lowest BCUT2D eigenvalue weighted by atomic mass is 10.5. The third-order valence-electron chi connectivity index (χ3n) is 2.24. The fraction of sp³-hybridized carbons (Fsp3) is 0.500. The second kappa shape index (κ2) is 7.51. The first-order valence-corrected chi connectivity index (χ1v) is 7.98. The smallest absolute Gasteiger partial charge is 0.176 e. The predicted molar refractivity (Wildman–Crippen MR) is 80.3 cm³/mol. The molecule has 0 bridgehead atoms. The highest BCUT2D eigenvalue weighted by Crippen LogP contribution is 2.28. The largest absolute Gasteiger partial charge is 0.374 e. The molecule has 0 fully saturated rings. The maximum Gasteiger partial charge on any atom is 0.176 e. The minimum atomic E-state index is 0.415. The van der Waals surface area contributed by atoms with Crippen molar-refractivity contribution in [3.63, 3.8) is 0 Å². The van der Waals surface area contributed by atoms with Gasteiger partial charge in [-0.15, -0.1) is 0 Å². The van der Waals surface area contributed by atoms with Crippen LogP contribution >= 0.6 is 23.3 Å². The molecule has 0 saturated carbocycles. The topological polar surface area (TPSA) is 72.8 Å². The number of anilines is 1. The Hall–Kier alpha value is -1.25. The van der Waals surface area contributed by atoms with Crippen LogP contribution in [0.1, 0.15) is 25.5 Å². The summed E-state index contributed by atoms with van der Waals surface area (Å²) in [6.45, 7) is 7.74. The molecule has 0 aromatic carbocycles. The van der Waals surface area contributed by atoms with E-state index in [0.29, 0.717) is 19.0 Å². The Bertz CT molecular complexity index is 561. The first-order valence-electron chi connectivity index (χ1n) is 6.39. The van der Waals surface area contributed by atoms with E-state index in [1.807, 2.05) is 26.8 Å². The van der Waals surface area contributed by atoms with Crippen LogP contribution in [0.15, 0.2) is 15.4 Å². The van der Waals surface area contributed by atoms with Gasteiger partial charge in [0.15, 0.2) is 10.2 Å². The molecule has 0 aliphatic heterocycles. The Morgan fingerprint density at radius 2 is 2.15 bits per heavy atom. The van der Waals surface area contributed by atoms with Crippen molar-refractivity contribution in [1.82, 2.24) is 19.3 Å². The van der Waals surface area contributed by atoms with Crippen molar-refractivity contribution in [3.8, 4) is 0 Å². The maximum absolute atomic E-state index is 5.37. The lowest BCUT2D eigenvalue weighted by molar-refractivity contribution is 0.128. The van der Waals surface area contributed by atoms with Crippen LogP contribution < -0.4 is 5.32 Å². The van der Waals surface area contributed by atoms with Crippen LogP contribution in [0.3, 0.4) is 0 Å². The van der Waals surface area contributed by atoms with Gasteiger partial charge in [0.2, 0.25) is 0 Å². The number of nitrogens with zero attached hydrogens (tertiary/aromatic N) is 4. The Morgan fingerprint density at radius 1 is 1.30 bits per heavy atom. The molecule has 6 nitrogen and oxygen atoms in total. The van der Waals surface area contributed by atoms with E-state index in [1.165, 1.54) is 23.3 Å². The van der Waals surface area contributed by atoms with Crippen LogP contribution in [-0.2, 0) is 11.3 Å². The number of ether oxygens (including phenoxy) is 1. The molecule has 0 aliphatic rings. The summed E-state index contributed by atoms with van der Waals surface area (Å²) >= 11 is 2.87. The molecule has 0 saturated heterocycles. The minimum absolute atomic E-state index is 0.415. The molecule has 0 aliphatic carbocycles. The molecular weight excluding hydrogens is 294 g/mol. The Balaban J connectivity index is 2.18. The van der Waals surface area contributed by atoms with E-state index >= 15 is 0 Å². The van der Waals surface area contributed by atoms with Gasteiger partial charge in [-0.3, -0.25) is 0 Å². The highest BCUT2D eigenvalue weighted by Gasteiger charge is 2.09. The molecule has 8 heteroatoms. The SMILES string of the molecule is CCNc1cc(Sc2nc(C)ns2)nc(COCC)n1. The normalized spacial score (nSPS) is 10.8. The van der Waals surface area contributed by atoms with Gasteiger partial charge in [0.1, 0.15) is 23.3 Å². The summed E-state index contributed by atoms with van der Waals surface area (Å²) in [6, 6.07) is 1.92. The summed E-state index contributed by atoms with van der Waals surface area (Å²) in [5.41, 5.74) is 0. The molecular formula is C12H17N5OS2. The van der Waals surface area contributed by atoms with Gasteiger partial charge < -0.3 is 10.1 Å². The van der Waals surface area contributed by atoms with Gasteiger partial charge in [0, 0.05) is 19.2 Å². The molecule has 2 aromatic rings. The van der Waals surface area contributed by atoms with Gasteiger partial charge in [-0.1, -0.05) is 0 Å². The van der Waals surface area contributed by atoms with Gasteiger partial charge >= 0.3 is 0 Å². The van der Waals surface area contributed by atoms with Crippen molar-refractivity contribution in [3.05, 3.63) is 17.7 Å². The first kappa shape index (κ1) is 15.1. The lowest BCUT2D eigenvalue weighted by Gasteiger charge is -2.07. The minimum Gasteiger partial charge on any atom is -0.374 e. The van der Waals surface area contributed by atoms with Crippen LogP contribution in [0.4, 0.5) is 5.82 Å². The summed E-state index contributed by atoms with van der Waals surface area (Å²) in [5, 5.41) is 4.05. The number of nitrogens with one attached hydrogen (secondary N) is 1. The average Bonchev–Trinajstić information content (AvgIpc) is 2.82. The molecule has 0 amide bonds. The van der Waals surface area contributed by atoms with E-state index in [2.05, 4.69) is 24.6 Å². The number of hydrogen-bond donors (Lipinski definition) is 1. The third-order valence-corrected chi connectivity index (χ3v) is 4.00. The van der Waals surface area contributed by atoms with Crippen molar-refractivity contribution in [2.75, 3.05) is 18.5 Å².